The molecular formula is C8H7F3INO. The van der Waals surface area contributed by atoms with E-state index < -0.39 is 11.7 Å². The van der Waals surface area contributed by atoms with Crippen molar-refractivity contribution in [2.45, 2.75) is 6.18 Å². The Morgan fingerprint density at radius 1 is 1.36 bits per heavy atom. The first-order valence-corrected chi connectivity index (χ1v) is 4.64. The summed E-state index contributed by atoms with van der Waals surface area (Å²) in [5.41, 5.74) is 4.62. The summed E-state index contributed by atoms with van der Waals surface area (Å²) in [4.78, 5) is 0. The first-order chi connectivity index (χ1) is 6.36. The van der Waals surface area contributed by atoms with Crippen molar-refractivity contribution in [1.82, 2.24) is 0 Å². The summed E-state index contributed by atoms with van der Waals surface area (Å²) in [7, 11) is 1.19. The van der Waals surface area contributed by atoms with E-state index in [-0.39, 0.29) is 11.4 Å². The molecule has 0 atom stereocenters. The van der Waals surface area contributed by atoms with Crippen LogP contribution in [0.4, 0.5) is 18.9 Å². The standard InChI is InChI=1S/C8H7F3INO/c1-14-7-3-5(12)6(13)2-4(7)8(9,10)11/h2-3H,13H2,1H3. The average Bonchev–Trinajstić information content (AvgIpc) is 2.07. The maximum Gasteiger partial charge on any atom is 0.420 e. The molecule has 0 saturated heterocycles. The Balaban J connectivity index is 3.35. The van der Waals surface area contributed by atoms with Crippen LogP contribution < -0.4 is 10.5 Å². The van der Waals surface area contributed by atoms with Gasteiger partial charge < -0.3 is 10.5 Å². The van der Waals surface area contributed by atoms with Gasteiger partial charge >= 0.3 is 6.18 Å². The molecular weight excluding hydrogens is 310 g/mol. The number of rotatable bonds is 1. The number of methoxy groups -OCH3 is 1. The van der Waals surface area contributed by atoms with Gasteiger partial charge in [0.05, 0.1) is 12.7 Å². The van der Waals surface area contributed by atoms with Crippen LogP contribution in [0.3, 0.4) is 0 Å². The maximum atomic E-state index is 12.4. The molecule has 0 bridgehead atoms. The van der Waals surface area contributed by atoms with E-state index in [2.05, 4.69) is 4.74 Å². The Morgan fingerprint density at radius 2 is 1.93 bits per heavy atom. The number of nitrogens with two attached hydrogens (primary N) is 1. The second-order valence-corrected chi connectivity index (χ2v) is 3.73. The predicted octanol–water partition coefficient (Wildman–Crippen LogP) is 2.90. The Morgan fingerprint density at radius 3 is 2.36 bits per heavy atom. The van der Waals surface area contributed by atoms with Crippen LogP contribution in [0.2, 0.25) is 0 Å². The zero-order valence-corrected chi connectivity index (χ0v) is 9.31. The summed E-state index contributed by atoms with van der Waals surface area (Å²) in [5.74, 6) is -0.212. The molecule has 1 aromatic carbocycles. The second kappa shape index (κ2) is 3.84. The van der Waals surface area contributed by atoms with E-state index in [0.29, 0.717) is 3.57 Å². The van der Waals surface area contributed by atoms with Crippen LogP contribution in [0.25, 0.3) is 0 Å². The van der Waals surface area contributed by atoms with Crippen molar-refractivity contribution >= 4 is 28.3 Å². The highest BCUT2D eigenvalue weighted by Crippen LogP contribution is 2.38. The van der Waals surface area contributed by atoms with Crippen LogP contribution in [0, 0.1) is 3.57 Å². The fourth-order valence-corrected chi connectivity index (χ4v) is 1.40. The second-order valence-electron chi connectivity index (χ2n) is 2.57. The number of halogens is 4. The largest absolute Gasteiger partial charge is 0.496 e. The molecule has 0 fully saturated rings. The van der Waals surface area contributed by atoms with Crippen LogP contribution in [0.15, 0.2) is 12.1 Å². The number of anilines is 1. The van der Waals surface area contributed by atoms with E-state index in [4.69, 9.17) is 5.73 Å². The number of alkyl halides is 3. The molecule has 6 heteroatoms. The molecule has 14 heavy (non-hydrogen) atoms. The lowest BCUT2D eigenvalue weighted by atomic mass is 10.1. The van der Waals surface area contributed by atoms with Gasteiger partial charge in [-0.3, -0.25) is 0 Å². The molecule has 0 radical (unpaired) electrons. The molecule has 78 valence electrons. The lowest BCUT2D eigenvalue weighted by Gasteiger charge is -2.13. The average molecular weight is 317 g/mol. The van der Waals surface area contributed by atoms with Gasteiger partial charge in [0, 0.05) is 9.26 Å². The van der Waals surface area contributed by atoms with Crippen LogP contribution in [0.1, 0.15) is 5.56 Å². The Kier molecular flexibility index (Phi) is 3.13. The topological polar surface area (TPSA) is 35.2 Å². The molecule has 0 heterocycles. The zero-order valence-electron chi connectivity index (χ0n) is 7.15. The number of benzene rings is 1. The van der Waals surface area contributed by atoms with Crippen molar-refractivity contribution in [3.05, 3.63) is 21.3 Å². The third-order valence-electron chi connectivity index (χ3n) is 1.62. The highest BCUT2D eigenvalue weighted by Gasteiger charge is 2.34. The van der Waals surface area contributed by atoms with E-state index >= 15 is 0 Å². The monoisotopic (exact) mass is 317 g/mol. The molecule has 2 N–H and O–H groups in total. The van der Waals surface area contributed by atoms with Crippen LogP contribution in [-0.4, -0.2) is 7.11 Å². The lowest BCUT2D eigenvalue weighted by Crippen LogP contribution is -2.09. The zero-order chi connectivity index (χ0) is 10.9. The number of hydrogen-bond donors (Lipinski definition) is 1. The predicted molar refractivity (Wildman–Crippen MR) is 55.1 cm³/mol. The number of hydrogen-bond acceptors (Lipinski definition) is 2. The van der Waals surface area contributed by atoms with E-state index in [1.54, 1.807) is 0 Å². The quantitative estimate of drug-likeness (QED) is 0.638. The van der Waals surface area contributed by atoms with E-state index in [9.17, 15) is 13.2 Å². The highest BCUT2D eigenvalue weighted by atomic mass is 127. The van der Waals surface area contributed by atoms with Crippen molar-refractivity contribution < 1.29 is 17.9 Å². The maximum absolute atomic E-state index is 12.4. The van der Waals surface area contributed by atoms with Crippen molar-refractivity contribution in [3.63, 3.8) is 0 Å². The van der Waals surface area contributed by atoms with Gasteiger partial charge in [-0.15, -0.1) is 0 Å². The van der Waals surface area contributed by atoms with E-state index in [1.807, 2.05) is 22.6 Å². The summed E-state index contributed by atoms with van der Waals surface area (Å²) >= 11 is 1.85. The molecule has 0 saturated carbocycles. The van der Waals surface area contributed by atoms with Crippen molar-refractivity contribution in [2.24, 2.45) is 0 Å². The highest BCUT2D eigenvalue weighted by molar-refractivity contribution is 14.1. The Bertz CT molecular complexity index is 351. The summed E-state index contributed by atoms with van der Waals surface area (Å²) in [6, 6.07) is 2.14. The van der Waals surface area contributed by atoms with Crippen LogP contribution >= 0.6 is 22.6 Å². The van der Waals surface area contributed by atoms with Crippen molar-refractivity contribution in [2.75, 3.05) is 12.8 Å². The minimum absolute atomic E-state index is 0.0960. The van der Waals surface area contributed by atoms with Gasteiger partial charge in [-0.25, -0.2) is 0 Å². The molecule has 0 aliphatic carbocycles. The minimum Gasteiger partial charge on any atom is -0.496 e. The molecule has 0 aliphatic heterocycles. The van der Waals surface area contributed by atoms with Crippen molar-refractivity contribution in [1.29, 1.82) is 0 Å². The lowest BCUT2D eigenvalue weighted by molar-refractivity contribution is -0.138. The number of ether oxygens (including phenoxy) is 1. The summed E-state index contributed by atoms with van der Waals surface area (Å²) in [6.07, 6.45) is -4.44. The van der Waals surface area contributed by atoms with Gasteiger partial charge in [0.2, 0.25) is 0 Å². The summed E-state index contributed by atoms with van der Waals surface area (Å²) < 4.78 is 42.4. The third kappa shape index (κ3) is 2.23. The fourth-order valence-electron chi connectivity index (χ4n) is 0.962. The smallest absolute Gasteiger partial charge is 0.420 e. The molecule has 1 aromatic rings. The molecule has 0 aromatic heterocycles. The van der Waals surface area contributed by atoms with Gasteiger partial charge in [0.25, 0.3) is 0 Å². The van der Waals surface area contributed by atoms with Crippen LogP contribution in [-0.2, 0) is 6.18 Å². The van der Waals surface area contributed by atoms with E-state index in [0.717, 1.165) is 6.07 Å². The first-order valence-electron chi connectivity index (χ1n) is 3.56. The Labute approximate surface area is 92.4 Å². The van der Waals surface area contributed by atoms with Gasteiger partial charge in [-0.05, 0) is 34.7 Å². The number of nitrogen functional groups attached to an aromatic ring is 1. The van der Waals surface area contributed by atoms with Crippen molar-refractivity contribution in [3.8, 4) is 5.75 Å². The van der Waals surface area contributed by atoms with E-state index in [1.165, 1.54) is 13.2 Å². The molecule has 2 nitrogen and oxygen atoms in total. The van der Waals surface area contributed by atoms with Gasteiger partial charge in [0.15, 0.2) is 0 Å². The third-order valence-corrected chi connectivity index (χ3v) is 2.56. The first kappa shape index (κ1) is 11.4. The minimum atomic E-state index is -4.44. The molecule has 0 unspecified atom stereocenters. The molecule has 1 rings (SSSR count). The molecule has 0 amide bonds. The van der Waals surface area contributed by atoms with Crippen LogP contribution in [0.5, 0.6) is 5.75 Å². The summed E-state index contributed by atoms with van der Waals surface area (Å²) in [5, 5.41) is 0. The normalized spacial score (nSPS) is 11.5. The molecule has 0 spiro atoms. The summed E-state index contributed by atoms with van der Waals surface area (Å²) in [6.45, 7) is 0. The molecule has 0 aliphatic rings. The van der Waals surface area contributed by atoms with Gasteiger partial charge in [-0.2, -0.15) is 13.2 Å². The fraction of sp³-hybridized carbons (Fsp3) is 0.250. The SMILES string of the molecule is COc1cc(I)c(N)cc1C(F)(F)F. The van der Waals surface area contributed by atoms with Gasteiger partial charge in [0.1, 0.15) is 5.75 Å². The van der Waals surface area contributed by atoms with Gasteiger partial charge in [-0.1, -0.05) is 0 Å². The Hall–Kier alpha value is -0.660.